The third-order valence-electron chi connectivity index (χ3n) is 13.6. The minimum Gasteiger partial charge on any atom is -0.368 e. The van der Waals surface area contributed by atoms with Gasteiger partial charge in [0.2, 0.25) is 35.4 Å². The first-order chi connectivity index (χ1) is 35.6. The van der Waals surface area contributed by atoms with Gasteiger partial charge in [-0.2, -0.15) is 0 Å². The van der Waals surface area contributed by atoms with Gasteiger partial charge in [0.05, 0.1) is 6.04 Å². The standard InChI is InChI=1S/C58H90N10O7/c1-9-32-56(33-10-2,53(73)63-46(49(62)69)31-21-23-35-60)67-51(71)47(36-42-24-14-11-15-25-42)64-55(75)58(43-26-16-12-17-27-43,44-28-18-13-19-29-44)68-52(72)48(41(7)8)65-54(74)57(37-39(3)4,38-40(5)6)66-50(70)45(61)30-20-22-34-59/h11-19,24-29,39-41,45-48H,9-10,20-23,30-38,59-61H2,1-8H3,(H2,62,69)(H,63,73)(H,64,75)(H,65,74)(H,66,70)(H,67,71)(H,68,72)/t45-,46-,47-,48-/m0/s1. The van der Waals surface area contributed by atoms with Crippen molar-refractivity contribution in [2.45, 2.75) is 180 Å². The molecule has 4 atom stereocenters. The summed E-state index contributed by atoms with van der Waals surface area (Å²) in [7, 11) is 0. The molecule has 0 spiro atoms. The fraction of sp³-hybridized carbons (Fsp3) is 0.569. The lowest BCUT2D eigenvalue weighted by molar-refractivity contribution is -0.140. The lowest BCUT2D eigenvalue weighted by atomic mass is 9.79. The van der Waals surface area contributed by atoms with E-state index in [4.69, 9.17) is 22.9 Å². The molecule has 3 aromatic rings. The number of unbranched alkanes of at least 4 members (excludes halogenated alkanes) is 2. The lowest BCUT2D eigenvalue weighted by Crippen LogP contribution is -2.68. The fourth-order valence-corrected chi connectivity index (χ4v) is 9.98. The maximum Gasteiger partial charge on any atom is 0.255 e. The first-order valence-corrected chi connectivity index (χ1v) is 27.1. The van der Waals surface area contributed by atoms with Gasteiger partial charge in [0.15, 0.2) is 5.54 Å². The van der Waals surface area contributed by atoms with E-state index in [9.17, 15) is 14.4 Å². The molecule has 0 heterocycles. The maximum atomic E-state index is 15.9. The van der Waals surface area contributed by atoms with Crippen LogP contribution in [0.4, 0.5) is 0 Å². The number of hydrogen-bond donors (Lipinski definition) is 10. The van der Waals surface area contributed by atoms with Gasteiger partial charge in [0.25, 0.3) is 5.91 Å². The Hall–Kier alpha value is -6.17. The molecule has 0 fully saturated rings. The van der Waals surface area contributed by atoms with Crippen LogP contribution in [0.15, 0.2) is 91.0 Å². The first-order valence-electron chi connectivity index (χ1n) is 27.1. The topological polar surface area (TPSA) is 296 Å². The molecule has 0 aliphatic carbocycles. The van der Waals surface area contributed by atoms with E-state index in [1.807, 2.05) is 71.9 Å². The summed E-state index contributed by atoms with van der Waals surface area (Å²) >= 11 is 0. The number of nitrogens with one attached hydrogen (secondary N) is 6. The summed E-state index contributed by atoms with van der Waals surface area (Å²) in [6, 6.07) is 21.9. The molecule has 0 bridgehead atoms. The summed E-state index contributed by atoms with van der Waals surface area (Å²) in [4.78, 5) is 103. The van der Waals surface area contributed by atoms with E-state index in [1.54, 1.807) is 74.5 Å². The van der Waals surface area contributed by atoms with Crippen molar-refractivity contribution in [3.63, 3.8) is 0 Å². The Kier molecular flexibility index (Phi) is 26.1. The maximum absolute atomic E-state index is 15.9. The molecule has 14 N–H and O–H groups in total. The highest BCUT2D eigenvalue weighted by Crippen LogP contribution is 2.33. The highest BCUT2D eigenvalue weighted by molar-refractivity contribution is 6.02. The molecule has 0 aromatic heterocycles. The Labute approximate surface area is 446 Å². The number of benzene rings is 3. The normalized spacial score (nSPS) is 13.6. The number of hydrogen-bond acceptors (Lipinski definition) is 10. The Bertz CT molecular complexity index is 2210. The molecule has 414 valence electrons. The number of primary amides is 1. The predicted octanol–water partition coefficient (Wildman–Crippen LogP) is 4.87. The highest BCUT2D eigenvalue weighted by Gasteiger charge is 2.49. The van der Waals surface area contributed by atoms with Crippen LogP contribution in [0.25, 0.3) is 0 Å². The van der Waals surface area contributed by atoms with Gasteiger partial charge in [0.1, 0.15) is 29.2 Å². The van der Waals surface area contributed by atoms with Crippen LogP contribution in [0.1, 0.15) is 149 Å². The van der Waals surface area contributed by atoms with Crippen LogP contribution in [0.3, 0.4) is 0 Å². The Balaban J connectivity index is 2.24. The molecule has 3 rings (SSSR count). The largest absolute Gasteiger partial charge is 0.368 e. The van der Waals surface area contributed by atoms with Crippen molar-refractivity contribution in [2.24, 2.45) is 40.7 Å². The molecule has 75 heavy (non-hydrogen) atoms. The van der Waals surface area contributed by atoms with E-state index in [-0.39, 0.29) is 50.4 Å². The molecule has 0 saturated carbocycles. The Morgan fingerprint density at radius 2 is 0.973 bits per heavy atom. The number of nitrogens with two attached hydrogens (primary N) is 4. The van der Waals surface area contributed by atoms with Crippen LogP contribution in [0.5, 0.6) is 0 Å². The summed E-state index contributed by atoms with van der Waals surface area (Å²) in [5.41, 5.74) is 20.0. The average Bonchev–Trinajstić information content (AvgIpc) is 3.36. The van der Waals surface area contributed by atoms with Crippen molar-refractivity contribution in [3.05, 3.63) is 108 Å². The summed E-state index contributed by atoms with van der Waals surface area (Å²) in [5.74, 6) is -5.19. The van der Waals surface area contributed by atoms with Gasteiger partial charge < -0.3 is 54.8 Å². The molecule has 0 aliphatic heterocycles. The summed E-state index contributed by atoms with van der Waals surface area (Å²) in [6.07, 6.45) is 4.97. The van der Waals surface area contributed by atoms with Crippen molar-refractivity contribution < 1.29 is 33.6 Å². The third-order valence-corrected chi connectivity index (χ3v) is 13.6. The van der Waals surface area contributed by atoms with E-state index in [0.29, 0.717) is 74.7 Å². The summed E-state index contributed by atoms with van der Waals surface area (Å²) < 4.78 is 0. The molecular formula is C58H90N10O7. The second kappa shape index (κ2) is 31.0. The zero-order valence-corrected chi connectivity index (χ0v) is 46.0. The zero-order chi connectivity index (χ0) is 55.8. The first kappa shape index (κ1) is 63.1. The van der Waals surface area contributed by atoms with Gasteiger partial charge >= 0.3 is 0 Å². The number of carbonyl (C=O) groups excluding carboxylic acids is 7. The van der Waals surface area contributed by atoms with Crippen molar-refractivity contribution in [2.75, 3.05) is 13.1 Å². The van der Waals surface area contributed by atoms with Crippen molar-refractivity contribution in [1.29, 1.82) is 0 Å². The highest BCUT2D eigenvalue weighted by atomic mass is 16.2. The third kappa shape index (κ3) is 18.3. The minimum absolute atomic E-state index is 0.0220. The second-order valence-corrected chi connectivity index (χ2v) is 21.3. The SMILES string of the molecule is CCCC(CCC)(NC(=O)[C@H](Cc1ccccc1)NC(=O)C(NC(=O)[C@@H](NC(=O)C(CC(C)C)(CC(C)C)NC(=O)[C@@H](N)CCCCN)C(C)C)(c1ccccc1)c1ccccc1)C(=O)N[C@@H](CCCCN)C(N)=O. The minimum atomic E-state index is -2.04. The van der Waals surface area contributed by atoms with Crippen LogP contribution < -0.4 is 54.8 Å². The molecule has 17 nitrogen and oxygen atoms in total. The summed E-state index contributed by atoms with van der Waals surface area (Å²) in [6.45, 7) is 16.0. The fourth-order valence-electron chi connectivity index (χ4n) is 9.98. The average molecular weight is 1040 g/mol. The van der Waals surface area contributed by atoms with Crippen LogP contribution in [0, 0.1) is 17.8 Å². The zero-order valence-electron chi connectivity index (χ0n) is 46.0. The molecule has 0 saturated heterocycles. The predicted molar refractivity (Wildman–Crippen MR) is 296 cm³/mol. The number of carbonyl (C=O) groups is 7. The van der Waals surface area contributed by atoms with Gasteiger partial charge in [-0.25, -0.2) is 0 Å². The van der Waals surface area contributed by atoms with Gasteiger partial charge in [-0.3, -0.25) is 33.6 Å². The number of amides is 7. The van der Waals surface area contributed by atoms with Gasteiger partial charge in [0, 0.05) is 6.42 Å². The van der Waals surface area contributed by atoms with Crippen LogP contribution in [-0.4, -0.2) is 89.7 Å². The summed E-state index contributed by atoms with van der Waals surface area (Å²) in [5, 5.41) is 18.1. The Morgan fingerprint density at radius 1 is 0.520 bits per heavy atom. The monoisotopic (exact) mass is 1040 g/mol. The van der Waals surface area contributed by atoms with Gasteiger partial charge in [-0.1, -0.05) is 166 Å². The van der Waals surface area contributed by atoms with E-state index in [0.717, 1.165) is 0 Å². The molecule has 0 unspecified atom stereocenters. The van der Waals surface area contributed by atoms with E-state index < -0.39 is 88.1 Å². The molecular weight excluding hydrogens is 949 g/mol. The van der Waals surface area contributed by atoms with Crippen molar-refractivity contribution in [3.8, 4) is 0 Å². The molecule has 17 heteroatoms. The molecule has 3 aromatic carbocycles. The van der Waals surface area contributed by atoms with Gasteiger partial charge in [-0.05, 0) is 105 Å². The van der Waals surface area contributed by atoms with Crippen LogP contribution >= 0.6 is 0 Å². The second-order valence-electron chi connectivity index (χ2n) is 21.3. The molecule has 0 aliphatic rings. The van der Waals surface area contributed by atoms with E-state index in [1.165, 1.54) is 0 Å². The van der Waals surface area contributed by atoms with Crippen LogP contribution in [-0.2, 0) is 45.5 Å². The number of rotatable bonds is 34. The molecule has 7 amide bonds. The Morgan fingerprint density at radius 3 is 1.43 bits per heavy atom. The van der Waals surface area contributed by atoms with Crippen molar-refractivity contribution >= 4 is 41.4 Å². The van der Waals surface area contributed by atoms with Crippen LogP contribution in [0.2, 0.25) is 0 Å². The van der Waals surface area contributed by atoms with E-state index in [2.05, 4.69) is 31.9 Å². The smallest absolute Gasteiger partial charge is 0.255 e. The van der Waals surface area contributed by atoms with Crippen molar-refractivity contribution in [1.82, 2.24) is 31.9 Å². The van der Waals surface area contributed by atoms with Gasteiger partial charge in [-0.15, -0.1) is 0 Å². The van der Waals surface area contributed by atoms with E-state index >= 15 is 19.2 Å². The molecule has 0 radical (unpaired) electrons. The quantitative estimate of drug-likeness (QED) is 0.0362. The lowest BCUT2D eigenvalue weighted by Gasteiger charge is -2.40.